The fraction of sp³-hybridized carbons (Fsp3) is 0.529. The number of likely N-dealkylation sites (N-methyl/N-ethyl adjacent to an activating group) is 1. The molecule has 0 bridgehead atoms. The van der Waals surface area contributed by atoms with Crippen molar-refractivity contribution in [3.05, 3.63) is 35.2 Å². The second-order valence-corrected chi connectivity index (χ2v) is 8.90. The number of hydrogen-bond acceptors (Lipinski definition) is 3. The number of thioether (sulfide) groups is 1. The Bertz CT molecular complexity index is 539. The second kappa shape index (κ2) is 6.97. The highest BCUT2D eigenvalue weighted by molar-refractivity contribution is 8.00. The van der Waals surface area contributed by atoms with Crippen LogP contribution in [-0.2, 0) is 6.42 Å². The molecular formula is C17H25NS2. The van der Waals surface area contributed by atoms with E-state index in [1.54, 1.807) is 0 Å². The molecule has 0 saturated heterocycles. The second-order valence-electron chi connectivity index (χ2n) is 6.14. The maximum absolute atomic E-state index is 3.64. The summed E-state index contributed by atoms with van der Waals surface area (Å²) in [6.45, 7) is 10.1. The maximum Gasteiger partial charge on any atom is 0.0345 e. The topological polar surface area (TPSA) is 12.0 Å². The van der Waals surface area contributed by atoms with E-state index >= 15 is 0 Å². The van der Waals surface area contributed by atoms with Crippen LogP contribution in [0.4, 0.5) is 0 Å². The van der Waals surface area contributed by atoms with Crippen LogP contribution in [-0.4, -0.2) is 23.1 Å². The predicted octanol–water partition coefficient (Wildman–Crippen LogP) is 4.95. The fourth-order valence-electron chi connectivity index (χ4n) is 2.29. The zero-order chi connectivity index (χ0) is 14.6. The molecule has 0 aliphatic rings. The Morgan fingerprint density at radius 2 is 2.00 bits per heavy atom. The summed E-state index contributed by atoms with van der Waals surface area (Å²) >= 11 is 3.91. The van der Waals surface area contributed by atoms with Crippen LogP contribution in [0, 0.1) is 0 Å². The van der Waals surface area contributed by atoms with Crippen LogP contribution in [0.3, 0.4) is 0 Å². The average Bonchev–Trinajstić information content (AvgIpc) is 2.79. The van der Waals surface area contributed by atoms with Gasteiger partial charge in [-0.2, -0.15) is 11.8 Å². The third kappa shape index (κ3) is 4.51. The number of rotatable bonds is 6. The van der Waals surface area contributed by atoms with E-state index in [0.29, 0.717) is 10.8 Å². The molecule has 1 atom stereocenters. The van der Waals surface area contributed by atoms with E-state index in [9.17, 15) is 0 Å². The molecule has 3 heteroatoms. The van der Waals surface area contributed by atoms with Crippen molar-refractivity contribution < 1.29 is 0 Å². The van der Waals surface area contributed by atoms with Crippen molar-refractivity contribution in [2.75, 3.05) is 12.3 Å². The van der Waals surface area contributed by atoms with Gasteiger partial charge in [0.25, 0.3) is 0 Å². The first-order valence-corrected chi connectivity index (χ1v) is 9.18. The molecule has 0 radical (unpaired) electrons. The summed E-state index contributed by atoms with van der Waals surface area (Å²) in [6.07, 6.45) is 1.13. The first-order valence-electron chi connectivity index (χ1n) is 7.32. The lowest BCUT2D eigenvalue weighted by atomic mass is 10.1. The zero-order valence-corrected chi connectivity index (χ0v) is 14.5. The molecule has 2 aromatic rings. The van der Waals surface area contributed by atoms with Gasteiger partial charge in [0.1, 0.15) is 0 Å². The molecule has 0 fully saturated rings. The Morgan fingerprint density at radius 3 is 2.70 bits per heavy atom. The number of hydrogen-bond donors (Lipinski definition) is 1. The molecule has 1 N–H and O–H groups in total. The highest BCUT2D eigenvalue weighted by Gasteiger charge is 2.16. The molecule has 0 aliphatic carbocycles. The van der Waals surface area contributed by atoms with Crippen molar-refractivity contribution in [3.8, 4) is 0 Å². The van der Waals surface area contributed by atoms with Crippen molar-refractivity contribution in [1.29, 1.82) is 0 Å². The molecule has 2 rings (SSSR count). The lowest BCUT2D eigenvalue weighted by Crippen LogP contribution is -2.34. The van der Waals surface area contributed by atoms with Gasteiger partial charge in [-0.3, -0.25) is 0 Å². The first-order chi connectivity index (χ1) is 9.49. The Labute approximate surface area is 131 Å². The largest absolute Gasteiger partial charge is 0.313 e. The summed E-state index contributed by atoms with van der Waals surface area (Å²) < 4.78 is 1.74. The zero-order valence-electron chi connectivity index (χ0n) is 12.9. The minimum Gasteiger partial charge on any atom is -0.313 e. The lowest BCUT2D eigenvalue weighted by molar-refractivity contribution is 0.572. The van der Waals surface area contributed by atoms with Crippen molar-refractivity contribution >= 4 is 33.2 Å². The molecule has 110 valence electrons. The van der Waals surface area contributed by atoms with Gasteiger partial charge in [-0.05, 0) is 35.4 Å². The predicted molar refractivity (Wildman–Crippen MR) is 95.2 cm³/mol. The van der Waals surface area contributed by atoms with Crippen LogP contribution in [0.1, 0.15) is 33.3 Å². The van der Waals surface area contributed by atoms with Gasteiger partial charge in [0.2, 0.25) is 0 Å². The highest BCUT2D eigenvalue weighted by Crippen LogP contribution is 2.28. The van der Waals surface area contributed by atoms with E-state index in [0.717, 1.165) is 13.0 Å². The van der Waals surface area contributed by atoms with E-state index in [2.05, 4.69) is 62.7 Å². The monoisotopic (exact) mass is 307 g/mol. The number of nitrogens with one attached hydrogen (secondary N) is 1. The molecular weight excluding hydrogens is 282 g/mol. The first kappa shape index (κ1) is 15.9. The minimum absolute atomic E-state index is 0.338. The molecule has 0 aliphatic heterocycles. The van der Waals surface area contributed by atoms with Gasteiger partial charge in [0, 0.05) is 21.2 Å². The molecule has 1 aromatic carbocycles. The molecule has 0 spiro atoms. The highest BCUT2D eigenvalue weighted by atomic mass is 32.2. The summed E-state index contributed by atoms with van der Waals surface area (Å²) in [6, 6.07) is 9.30. The summed E-state index contributed by atoms with van der Waals surface area (Å²) in [5, 5.41) is 7.40. The Kier molecular flexibility index (Phi) is 5.53. The summed E-state index contributed by atoms with van der Waals surface area (Å²) in [5.74, 6) is 1.17. The Hall–Kier alpha value is -0.510. The molecule has 1 nitrogen and oxygen atoms in total. The standard InChI is InChI=1S/C17H25NS2/c1-5-18-14(12-20-17(2,3)4)10-13-11-19-16-9-7-6-8-15(13)16/h6-9,11,14,18H,5,10,12H2,1-4H3. The van der Waals surface area contributed by atoms with Crippen molar-refractivity contribution in [2.24, 2.45) is 0 Å². The van der Waals surface area contributed by atoms with Crippen LogP contribution in [0.15, 0.2) is 29.6 Å². The van der Waals surface area contributed by atoms with E-state index < -0.39 is 0 Å². The molecule has 0 amide bonds. The van der Waals surface area contributed by atoms with Crippen molar-refractivity contribution in [3.63, 3.8) is 0 Å². The number of benzene rings is 1. The van der Waals surface area contributed by atoms with Gasteiger partial charge >= 0.3 is 0 Å². The summed E-state index contributed by atoms with van der Waals surface area (Å²) in [4.78, 5) is 0. The van der Waals surface area contributed by atoms with Crippen molar-refractivity contribution in [2.45, 2.75) is 44.9 Å². The Morgan fingerprint density at radius 1 is 1.25 bits per heavy atom. The van der Waals surface area contributed by atoms with Gasteiger partial charge in [-0.15, -0.1) is 11.3 Å². The quantitative estimate of drug-likeness (QED) is 0.810. The smallest absolute Gasteiger partial charge is 0.0345 e. The third-order valence-corrected chi connectivity index (χ3v) is 5.69. The fourth-order valence-corrected chi connectivity index (χ4v) is 4.20. The minimum atomic E-state index is 0.338. The van der Waals surface area contributed by atoms with Crippen LogP contribution in [0.5, 0.6) is 0 Å². The lowest BCUT2D eigenvalue weighted by Gasteiger charge is -2.23. The van der Waals surface area contributed by atoms with E-state index in [1.807, 2.05) is 23.1 Å². The van der Waals surface area contributed by atoms with Crippen LogP contribution >= 0.6 is 23.1 Å². The van der Waals surface area contributed by atoms with Gasteiger partial charge in [-0.1, -0.05) is 45.9 Å². The molecule has 20 heavy (non-hydrogen) atoms. The third-order valence-electron chi connectivity index (χ3n) is 3.24. The Balaban J connectivity index is 2.07. The summed E-state index contributed by atoms with van der Waals surface area (Å²) in [7, 11) is 0. The van der Waals surface area contributed by atoms with Gasteiger partial charge in [0.15, 0.2) is 0 Å². The van der Waals surface area contributed by atoms with E-state index in [1.165, 1.54) is 21.4 Å². The van der Waals surface area contributed by atoms with E-state index in [-0.39, 0.29) is 0 Å². The maximum atomic E-state index is 3.64. The van der Waals surface area contributed by atoms with Gasteiger partial charge in [0.05, 0.1) is 0 Å². The number of thiophene rings is 1. The molecule has 0 saturated carbocycles. The molecule has 1 unspecified atom stereocenters. The van der Waals surface area contributed by atoms with Gasteiger partial charge < -0.3 is 5.32 Å². The SMILES string of the molecule is CCNC(CSC(C)(C)C)Cc1csc2ccccc12. The van der Waals surface area contributed by atoms with Crippen LogP contribution < -0.4 is 5.32 Å². The van der Waals surface area contributed by atoms with E-state index in [4.69, 9.17) is 0 Å². The van der Waals surface area contributed by atoms with Crippen LogP contribution in [0.25, 0.3) is 10.1 Å². The van der Waals surface area contributed by atoms with Crippen molar-refractivity contribution in [1.82, 2.24) is 5.32 Å². The normalized spacial score (nSPS) is 13.8. The molecule has 1 heterocycles. The average molecular weight is 308 g/mol. The van der Waals surface area contributed by atoms with Gasteiger partial charge in [-0.25, -0.2) is 0 Å². The molecule has 1 aromatic heterocycles. The summed E-state index contributed by atoms with van der Waals surface area (Å²) in [5.41, 5.74) is 1.49. The number of fused-ring (bicyclic) bond motifs is 1. The van der Waals surface area contributed by atoms with Crippen LogP contribution in [0.2, 0.25) is 0 Å².